The highest BCUT2D eigenvalue weighted by molar-refractivity contribution is 6.05. The van der Waals surface area contributed by atoms with Crippen molar-refractivity contribution in [1.82, 2.24) is 14.8 Å². The Bertz CT molecular complexity index is 913. The molecule has 0 radical (unpaired) electrons. The van der Waals surface area contributed by atoms with Crippen LogP contribution >= 0.6 is 0 Å². The van der Waals surface area contributed by atoms with Gasteiger partial charge >= 0.3 is 0 Å². The van der Waals surface area contributed by atoms with E-state index in [1.165, 1.54) is 0 Å². The summed E-state index contributed by atoms with van der Waals surface area (Å²) >= 11 is 0. The number of nitrogens with zero attached hydrogens (tertiary/aromatic N) is 3. The zero-order valence-electron chi connectivity index (χ0n) is 16.7. The zero-order chi connectivity index (χ0) is 20.6. The number of carbonyl (C=O) groups excluding carboxylic acids is 1. The maximum absolute atomic E-state index is 12.8. The van der Waals surface area contributed by atoms with E-state index >= 15 is 0 Å². The number of nitrogens with one attached hydrogen (secondary N) is 1. The minimum Gasteiger partial charge on any atom is -0.490 e. The van der Waals surface area contributed by atoms with Crippen molar-refractivity contribution in [2.45, 2.75) is 20.8 Å². The van der Waals surface area contributed by atoms with Crippen molar-refractivity contribution in [2.24, 2.45) is 0 Å². The van der Waals surface area contributed by atoms with E-state index in [4.69, 9.17) is 14.2 Å². The highest BCUT2D eigenvalue weighted by atomic mass is 16.5. The number of pyridine rings is 1. The van der Waals surface area contributed by atoms with Crippen LogP contribution in [-0.4, -0.2) is 40.5 Å². The average Bonchev–Trinajstić information content (AvgIpc) is 3.26. The molecule has 0 saturated heterocycles. The zero-order valence-corrected chi connectivity index (χ0v) is 16.7. The van der Waals surface area contributed by atoms with E-state index in [1.54, 1.807) is 47.5 Å². The molecule has 29 heavy (non-hydrogen) atoms. The minimum absolute atomic E-state index is 0.302. The van der Waals surface area contributed by atoms with Crippen molar-refractivity contribution < 1.29 is 19.0 Å². The van der Waals surface area contributed by atoms with E-state index < -0.39 is 0 Å². The van der Waals surface area contributed by atoms with Crippen molar-refractivity contribution in [3.05, 3.63) is 54.5 Å². The van der Waals surface area contributed by atoms with Crippen LogP contribution in [0.1, 0.15) is 31.1 Å². The lowest BCUT2D eigenvalue weighted by molar-refractivity contribution is 0.102. The van der Waals surface area contributed by atoms with Gasteiger partial charge in [-0.2, -0.15) is 5.10 Å². The normalized spacial score (nSPS) is 10.4. The molecular weight excluding hydrogens is 372 g/mol. The van der Waals surface area contributed by atoms with Crippen LogP contribution in [0, 0.1) is 0 Å². The predicted molar refractivity (Wildman–Crippen MR) is 109 cm³/mol. The number of hydrogen-bond acceptors (Lipinski definition) is 6. The Morgan fingerprint density at radius 1 is 1.03 bits per heavy atom. The van der Waals surface area contributed by atoms with Gasteiger partial charge in [0, 0.05) is 18.0 Å². The number of aromatic nitrogens is 3. The second-order valence-corrected chi connectivity index (χ2v) is 5.91. The molecule has 0 saturated carbocycles. The molecule has 0 aliphatic heterocycles. The number of carbonyl (C=O) groups is 1. The lowest BCUT2D eigenvalue weighted by Gasteiger charge is -2.17. The van der Waals surface area contributed by atoms with E-state index in [0.717, 1.165) is 0 Å². The number of anilines is 1. The molecule has 3 rings (SSSR count). The average molecular weight is 396 g/mol. The SMILES string of the molecule is CCOc1cc(C(=O)Nc2ccc(-n3cccn3)nc2)cc(OCC)c1OCC. The predicted octanol–water partition coefficient (Wildman–Crippen LogP) is 3.72. The third-order valence-electron chi connectivity index (χ3n) is 3.92. The first-order valence-corrected chi connectivity index (χ1v) is 9.50. The molecule has 0 spiro atoms. The Morgan fingerprint density at radius 2 is 1.72 bits per heavy atom. The smallest absolute Gasteiger partial charge is 0.255 e. The third-order valence-corrected chi connectivity index (χ3v) is 3.92. The van der Waals surface area contributed by atoms with Gasteiger partial charge < -0.3 is 19.5 Å². The van der Waals surface area contributed by atoms with E-state index in [-0.39, 0.29) is 5.91 Å². The first-order chi connectivity index (χ1) is 14.2. The summed E-state index contributed by atoms with van der Waals surface area (Å²) in [5, 5.41) is 6.97. The number of ether oxygens (including phenoxy) is 3. The topological polar surface area (TPSA) is 87.5 Å². The summed E-state index contributed by atoms with van der Waals surface area (Å²) in [4.78, 5) is 17.1. The van der Waals surface area contributed by atoms with Crippen LogP contribution in [0.2, 0.25) is 0 Å². The number of benzene rings is 1. The fraction of sp³-hybridized carbons (Fsp3) is 0.286. The largest absolute Gasteiger partial charge is 0.490 e. The first kappa shape index (κ1) is 20.2. The Morgan fingerprint density at radius 3 is 2.24 bits per heavy atom. The number of hydrogen-bond donors (Lipinski definition) is 1. The van der Waals surface area contributed by atoms with Crippen LogP contribution in [0.15, 0.2) is 48.9 Å². The van der Waals surface area contributed by atoms with Gasteiger partial charge in [0.1, 0.15) is 0 Å². The molecule has 1 aromatic carbocycles. The molecule has 0 fully saturated rings. The van der Waals surface area contributed by atoms with Crippen LogP contribution in [0.3, 0.4) is 0 Å². The van der Waals surface area contributed by atoms with Gasteiger partial charge in [0.15, 0.2) is 17.3 Å². The monoisotopic (exact) mass is 396 g/mol. The molecule has 3 aromatic rings. The van der Waals surface area contributed by atoms with Crippen molar-refractivity contribution in [3.8, 4) is 23.1 Å². The second kappa shape index (κ2) is 9.59. The van der Waals surface area contributed by atoms with Crippen molar-refractivity contribution in [1.29, 1.82) is 0 Å². The Labute approximate surface area is 169 Å². The molecule has 0 atom stereocenters. The molecular formula is C21H24N4O4. The Balaban J connectivity index is 1.84. The summed E-state index contributed by atoms with van der Waals surface area (Å²) in [6, 6.07) is 8.66. The standard InChI is InChI=1S/C21H24N4O4/c1-4-27-17-12-15(13-18(28-5-2)20(17)29-6-3)21(26)24-16-8-9-19(22-14-16)25-11-7-10-23-25/h7-14H,4-6H2,1-3H3,(H,24,26). The fourth-order valence-electron chi connectivity index (χ4n) is 2.72. The molecule has 1 N–H and O–H groups in total. The Hall–Kier alpha value is -3.55. The van der Waals surface area contributed by atoms with Crippen LogP contribution < -0.4 is 19.5 Å². The lowest BCUT2D eigenvalue weighted by Crippen LogP contribution is -2.13. The molecule has 1 amide bonds. The van der Waals surface area contributed by atoms with E-state index in [1.807, 2.05) is 26.8 Å². The van der Waals surface area contributed by atoms with Gasteiger partial charge in [0.2, 0.25) is 5.75 Å². The summed E-state index contributed by atoms with van der Waals surface area (Å²) in [7, 11) is 0. The van der Waals surface area contributed by atoms with E-state index in [2.05, 4.69) is 15.4 Å². The van der Waals surface area contributed by atoms with Crippen molar-refractivity contribution in [2.75, 3.05) is 25.1 Å². The minimum atomic E-state index is -0.302. The van der Waals surface area contributed by atoms with Gasteiger partial charge in [-0.25, -0.2) is 9.67 Å². The maximum atomic E-state index is 12.8. The molecule has 0 aliphatic carbocycles. The summed E-state index contributed by atoms with van der Waals surface area (Å²) < 4.78 is 18.6. The second-order valence-electron chi connectivity index (χ2n) is 5.91. The van der Waals surface area contributed by atoms with Gasteiger partial charge in [-0.05, 0) is 51.1 Å². The van der Waals surface area contributed by atoms with E-state index in [9.17, 15) is 4.79 Å². The van der Waals surface area contributed by atoms with Gasteiger partial charge in [0.25, 0.3) is 5.91 Å². The summed E-state index contributed by atoms with van der Waals surface area (Å²) in [6.07, 6.45) is 5.05. The Kier molecular flexibility index (Phi) is 6.67. The molecule has 0 unspecified atom stereocenters. The lowest BCUT2D eigenvalue weighted by atomic mass is 10.1. The van der Waals surface area contributed by atoms with Gasteiger partial charge in [-0.15, -0.1) is 0 Å². The molecule has 2 heterocycles. The van der Waals surface area contributed by atoms with Gasteiger partial charge in [-0.3, -0.25) is 4.79 Å². The molecule has 2 aromatic heterocycles. The number of rotatable bonds is 9. The van der Waals surface area contributed by atoms with Gasteiger partial charge in [-0.1, -0.05) is 0 Å². The maximum Gasteiger partial charge on any atom is 0.255 e. The van der Waals surface area contributed by atoms with Crippen molar-refractivity contribution in [3.63, 3.8) is 0 Å². The van der Waals surface area contributed by atoms with Crippen LogP contribution in [0.5, 0.6) is 17.2 Å². The molecule has 152 valence electrons. The quantitative estimate of drug-likeness (QED) is 0.593. The highest BCUT2D eigenvalue weighted by Gasteiger charge is 2.18. The summed E-state index contributed by atoms with van der Waals surface area (Å²) in [5.74, 6) is 1.79. The molecule has 8 heteroatoms. The van der Waals surface area contributed by atoms with Gasteiger partial charge in [0.05, 0.1) is 31.7 Å². The van der Waals surface area contributed by atoms with Crippen LogP contribution in [-0.2, 0) is 0 Å². The molecule has 8 nitrogen and oxygen atoms in total. The van der Waals surface area contributed by atoms with Crippen molar-refractivity contribution >= 4 is 11.6 Å². The highest BCUT2D eigenvalue weighted by Crippen LogP contribution is 2.39. The van der Waals surface area contributed by atoms with E-state index in [0.29, 0.717) is 54.1 Å². The fourth-order valence-corrected chi connectivity index (χ4v) is 2.72. The summed E-state index contributed by atoms with van der Waals surface area (Å²) in [5.41, 5.74) is 0.965. The first-order valence-electron chi connectivity index (χ1n) is 9.50. The summed E-state index contributed by atoms with van der Waals surface area (Å²) in [6.45, 7) is 6.96. The van der Waals surface area contributed by atoms with Crippen LogP contribution in [0.4, 0.5) is 5.69 Å². The number of amides is 1. The third kappa shape index (κ3) is 4.84. The molecule has 0 aliphatic rings. The van der Waals surface area contributed by atoms with Crippen LogP contribution in [0.25, 0.3) is 5.82 Å². The molecule has 0 bridgehead atoms.